The molecule has 0 heterocycles. The van der Waals surface area contributed by atoms with E-state index in [4.69, 9.17) is 5.41 Å². The van der Waals surface area contributed by atoms with Crippen molar-refractivity contribution < 1.29 is 4.39 Å². The Morgan fingerprint density at radius 3 is 2.62 bits per heavy atom. The fraction of sp³-hybridized carbons (Fsp3) is 0.150. The lowest BCUT2D eigenvalue weighted by molar-refractivity contribution is 0.627. The topological polar surface area (TPSA) is 39.1 Å². The number of hydrogen-bond acceptors (Lipinski definition) is 1. The van der Waals surface area contributed by atoms with E-state index in [2.05, 4.69) is 5.32 Å². The van der Waals surface area contributed by atoms with Crippen molar-refractivity contribution in [1.82, 2.24) is 0 Å². The lowest BCUT2D eigenvalue weighted by Gasteiger charge is -2.22. The third kappa shape index (κ3) is 3.08. The van der Waals surface area contributed by atoms with Gasteiger partial charge in [-0.1, -0.05) is 49.4 Å². The minimum Gasteiger partial charge on any atom is -0.326 e. The average Bonchev–Trinajstić information content (AvgIpc) is 2.62. The van der Waals surface area contributed by atoms with Crippen molar-refractivity contribution in [2.75, 3.05) is 17.3 Å². The van der Waals surface area contributed by atoms with Crippen LogP contribution in [0.5, 0.6) is 0 Å². The molecular weight excluding hydrogens is 301 g/mol. The molecule has 0 aliphatic rings. The predicted molar refractivity (Wildman–Crippen MR) is 99.5 cm³/mol. The van der Waals surface area contributed by atoms with Crippen molar-refractivity contribution in [3.8, 4) is 0 Å². The minimum atomic E-state index is -0.334. The summed E-state index contributed by atoms with van der Waals surface area (Å²) in [4.78, 5) is 1.52. The molecule has 0 radical (unpaired) electrons. The highest BCUT2D eigenvalue weighted by Crippen LogP contribution is 2.25. The molecule has 2 N–H and O–H groups in total. The second kappa shape index (κ2) is 6.71. The zero-order valence-corrected chi connectivity index (χ0v) is 13.8. The summed E-state index contributed by atoms with van der Waals surface area (Å²) in [7, 11) is 1.69. The molecule has 0 saturated heterocycles. The van der Waals surface area contributed by atoms with Gasteiger partial charge >= 0.3 is 0 Å². The summed E-state index contributed by atoms with van der Waals surface area (Å²) >= 11 is 0. The highest BCUT2D eigenvalue weighted by Gasteiger charge is 2.13. The van der Waals surface area contributed by atoms with E-state index in [1.807, 2.05) is 49.4 Å². The number of hydrogen-bond donors (Lipinski definition) is 2. The van der Waals surface area contributed by atoms with Gasteiger partial charge < -0.3 is 10.2 Å². The molecule has 0 amide bonds. The van der Waals surface area contributed by atoms with E-state index in [-0.39, 0.29) is 11.8 Å². The lowest BCUT2D eigenvalue weighted by atomic mass is 10.1. The minimum absolute atomic E-state index is 0.124. The molecule has 0 unspecified atom stereocenters. The normalized spacial score (nSPS) is 10.6. The summed E-state index contributed by atoms with van der Waals surface area (Å²) in [6.45, 7) is 2.02. The third-order valence-electron chi connectivity index (χ3n) is 4.16. The summed E-state index contributed by atoms with van der Waals surface area (Å²) in [6, 6.07) is 18.9. The smallest absolute Gasteiger partial charge is 0.199 e. The Balaban J connectivity index is 1.89. The first-order valence-electron chi connectivity index (χ1n) is 7.95. The zero-order chi connectivity index (χ0) is 17.1. The van der Waals surface area contributed by atoms with Crippen LogP contribution in [0.3, 0.4) is 0 Å². The van der Waals surface area contributed by atoms with Crippen LogP contribution in [0, 0.1) is 11.2 Å². The molecule has 3 nitrogen and oxygen atoms in total. The molecule has 3 aromatic carbocycles. The van der Waals surface area contributed by atoms with E-state index >= 15 is 0 Å². The van der Waals surface area contributed by atoms with Crippen molar-refractivity contribution in [1.29, 1.82) is 5.41 Å². The molecule has 0 aliphatic carbocycles. The molecule has 3 rings (SSSR count). The maximum Gasteiger partial charge on any atom is 0.199 e. The molecule has 122 valence electrons. The quantitative estimate of drug-likeness (QED) is 0.525. The summed E-state index contributed by atoms with van der Waals surface area (Å²) in [5.41, 5.74) is 2.26. The van der Waals surface area contributed by atoms with Gasteiger partial charge in [0.25, 0.3) is 0 Å². The van der Waals surface area contributed by atoms with E-state index in [1.54, 1.807) is 19.2 Å². The number of halogens is 1. The van der Waals surface area contributed by atoms with Crippen LogP contribution in [-0.2, 0) is 6.42 Å². The van der Waals surface area contributed by atoms with E-state index < -0.39 is 0 Å². The van der Waals surface area contributed by atoms with Gasteiger partial charge in [0.1, 0.15) is 5.82 Å². The fourth-order valence-electron chi connectivity index (χ4n) is 2.70. The maximum atomic E-state index is 14.1. The molecule has 0 fully saturated rings. The first-order chi connectivity index (χ1) is 11.6. The van der Waals surface area contributed by atoms with Gasteiger partial charge in [-0.05, 0) is 35.6 Å². The number of guanidine groups is 1. The van der Waals surface area contributed by atoms with Gasteiger partial charge in [-0.2, -0.15) is 0 Å². The molecule has 0 aromatic heterocycles. The Kier molecular flexibility index (Phi) is 4.47. The van der Waals surface area contributed by atoms with E-state index in [0.717, 1.165) is 28.4 Å². The number of fused-ring (bicyclic) bond motifs is 1. The Labute approximate surface area is 141 Å². The molecule has 24 heavy (non-hydrogen) atoms. The van der Waals surface area contributed by atoms with Crippen LogP contribution in [-0.4, -0.2) is 13.0 Å². The van der Waals surface area contributed by atoms with E-state index in [0.29, 0.717) is 5.69 Å². The fourth-order valence-corrected chi connectivity index (χ4v) is 2.70. The largest absolute Gasteiger partial charge is 0.326 e. The van der Waals surface area contributed by atoms with Crippen LogP contribution in [0.15, 0.2) is 60.7 Å². The van der Waals surface area contributed by atoms with Crippen molar-refractivity contribution in [2.24, 2.45) is 0 Å². The first kappa shape index (κ1) is 16.0. The zero-order valence-electron chi connectivity index (χ0n) is 13.8. The molecule has 0 spiro atoms. The Bertz CT molecular complexity index is 884. The monoisotopic (exact) mass is 321 g/mol. The summed E-state index contributed by atoms with van der Waals surface area (Å²) in [6.07, 6.45) is 0.825. The Morgan fingerprint density at radius 1 is 1.08 bits per heavy atom. The van der Waals surface area contributed by atoms with E-state index in [9.17, 15) is 4.39 Å². The number of nitrogens with zero attached hydrogens (tertiary/aromatic N) is 1. The SMILES string of the molecule is CCc1ccc(F)c(N(C)C(=N)Nc2cccc3ccccc23)c1. The Morgan fingerprint density at radius 2 is 1.83 bits per heavy atom. The molecule has 0 atom stereocenters. The molecular formula is C20H20FN3. The number of aryl methyl sites for hydroxylation is 1. The highest BCUT2D eigenvalue weighted by molar-refractivity contribution is 6.08. The second-order valence-electron chi connectivity index (χ2n) is 5.70. The molecule has 4 heteroatoms. The second-order valence-corrected chi connectivity index (χ2v) is 5.70. The van der Waals surface area contributed by atoms with Gasteiger partial charge in [0.2, 0.25) is 0 Å². The summed E-state index contributed by atoms with van der Waals surface area (Å²) in [5, 5.41) is 13.5. The number of nitrogens with one attached hydrogen (secondary N) is 2. The van der Waals surface area contributed by atoms with Gasteiger partial charge in [0.05, 0.1) is 5.69 Å². The third-order valence-corrected chi connectivity index (χ3v) is 4.16. The maximum absolute atomic E-state index is 14.1. The predicted octanol–water partition coefficient (Wildman–Crippen LogP) is 5.02. The van der Waals surface area contributed by atoms with Crippen LogP contribution in [0.2, 0.25) is 0 Å². The highest BCUT2D eigenvalue weighted by atomic mass is 19.1. The van der Waals surface area contributed by atoms with Gasteiger partial charge in [0, 0.05) is 18.1 Å². The molecule has 0 aliphatic heterocycles. The summed E-state index contributed by atoms with van der Waals surface area (Å²) in [5.74, 6) is -0.210. The van der Waals surface area contributed by atoms with Crippen LogP contribution in [0.25, 0.3) is 10.8 Å². The van der Waals surface area contributed by atoms with Gasteiger partial charge in [-0.25, -0.2) is 4.39 Å². The first-order valence-corrected chi connectivity index (χ1v) is 7.95. The van der Waals surface area contributed by atoms with Gasteiger partial charge in [0.15, 0.2) is 5.96 Å². The number of rotatable bonds is 3. The van der Waals surface area contributed by atoms with Crippen LogP contribution in [0.1, 0.15) is 12.5 Å². The lowest BCUT2D eigenvalue weighted by Crippen LogP contribution is -2.32. The number of benzene rings is 3. The van der Waals surface area contributed by atoms with Crippen molar-refractivity contribution in [3.63, 3.8) is 0 Å². The van der Waals surface area contributed by atoms with Crippen molar-refractivity contribution in [2.45, 2.75) is 13.3 Å². The van der Waals surface area contributed by atoms with Gasteiger partial charge in [-0.3, -0.25) is 5.41 Å². The van der Waals surface area contributed by atoms with Crippen LogP contribution >= 0.6 is 0 Å². The molecule has 0 bridgehead atoms. The van der Waals surface area contributed by atoms with Crippen LogP contribution < -0.4 is 10.2 Å². The Hall–Kier alpha value is -2.88. The van der Waals surface area contributed by atoms with Crippen molar-refractivity contribution >= 4 is 28.1 Å². The van der Waals surface area contributed by atoms with E-state index in [1.165, 1.54) is 11.0 Å². The average molecular weight is 321 g/mol. The molecule has 0 saturated carbocycles. The van der Waals surface area contributed by atoms with Crippen molar-refractivity contribution in [3.05, 3.63) is 72.0 Å². The summed E-state index contributed by atoms with van der Waals surface area (Å²) < 4.78 is 14.1. The van der Waals surface area contributed by atoms with Gasteiger partial charge in [-0.15, -0.1) is 0 Å². The standard InChI is InChI=1S/C20H20FN3/c1-3-14-11-12-17(21)19(13-14)24(2)20(22)23-18-10-6-8-15-7-4-5-9-16(15)18/h4-13H,3H2,1-2H3,(H2,22,23). The van der Waals surface area contributed by atoms with Crippen LogP contribution in [0.4, 0.5) is 15.8 Å². The molecule has 3 aromatic rings. The number of anilines is 2.